The van der Waals surface area contributed by atoms with Gasteiger partial charge in [-0.2, -0.15) is 0 Å². The monoisotopic (exact) mass is 1650 g/mol. The summed E-state index contributed by atoms with van der Waals surface area (Å²) in [6.07, 6.45) is 38.4. The van der Waals surface area contributed by atoms with Crippen molar-refractivity contribution >= 4 is 101 Å². The Morgan fingerprint density at radius 1 is 0.462 bits per heavy atom. The van der Waals surface area contributed by atoms with Crippen molar-refractivity contribution in [2.75, 3.05) is 0 Å². The van der Waals surface area contributed by atoms with Crippen LogP contribution in [0.1, 0.15) is 249 Å². The molecule has 14 aliphatic carbocycles. The van der Waals surface area contributed by atoms with Crippen LogP contribution in [0.3, 0.4) is 0 Å². The number of carbonyl (C=O) groups excluding carboxylic acids is 5. The van der Waals surface area contributed by atoms with Gasteiger partial charge in [0, 0.05) is 59.1 Å². The molecule has 4 unspecified atom stereocenters. The van der Waals surface area contributed by atoms with E-state index in [1.165, 1.54) is 70.6 Å². The number of Topliss-reactive ketones (excluding diaryl/α,β-unsaturated/α-hetero) is 4. The molecule has 16 fully saturated rings. The Labute approximate surface area is 591 Å². The Balaban J connectivity index is 0.000000116. The number of aliphatic hydroxyl groups excluding tert-OH is 4. The summed E-state index contributed by atoms with van der Waals surface area (Å²) < 4.78 is 16.9. The second-order valence-corrected chi connectivity index (χ2v) is 46.3. The Hall–Kier alpha value is 0.294. The molecule has 0 aromatic carbocycles. The van der Waals surface area contributed by atoms with E-state index in [0.29, 0.717) is 124 Å². The van der Waals surface area contributed by atoms with Gasteiger partial charge >= 0.3 is 49.4 Å². The summed E-state index contributed by atoms with van der Waals surface area (Å²) >= 11 is 11.7. The van der Waals surface area contributed by atoms with Crippen molar-refractivity contribution in [3.63, 3.8) is 0 Å². The number of hydrogen-bond donors (Lipinski definition) is 4. The predicted molar refractivity (Wildman–Crippen MR) is 376 cm³/mol. The molecule has 17 aliphatic rings. The van der Waals surface area contributed by atoms with E-state index in [2.05, 4.69) is 132 Å². The van der Waals surface area contributed by atoms with Gasteiger partial charge in [-0.3, -0.25) is 24.0 Å². The Morgan fingerprint density at radius 2 is 0.934 bits per heavy atom. The van der Waals surface area contributed by atoms with Crippen molar-refractivity contribution in [2.45, 2.75) is 319 Å². The molecule has 13 saturated carbocycles. The van der Waals surface area contributed by atoms with Gasteiger partial charge in [0.25, 0.3) is 0 Å². The average molecular weight is 1660 g/mol. The van der Waals surface area contributed by atoms with Crippen LogP contribution in [0, 0.1) is 73.4 Å². The molecule has 3 saturated heterocycles. The minimum absolute atomic E-state index is 0.00231. The number of rotatable bonds is 0. The van der Waals surface area contributed by atoms with Crippen LogP contribution in [0.4, 0.5) is 0 Å². The number of aliphatic hydroxyl groups is 4. The zero-order valence-electron chi connectivity index (χ0n) is 56.1. The van der Waals surface area contributed by atoms with Gasteiger partial charge < -0.3 is 34.6 Å². The average Bonchev–Trinajstić information content (AvgIpc) is 1.59. The third kappa shape index (κ3) is 14.5. The van der Waals surface area contributed by atoms with Crippen molar-refractivity contribution in [3.8, 4) is 0 Å². The molecule has 91 heavy (non-hydrogen) atoms. The van der Waals surface area contributed by atoms with Gasteiger partial charge in [0.15, 0.2) is 5.78 Å². The van der Waals surface area contributed by atoms with Gasteiger partial charge in [-0.05, 0) is 232 Å². The molecular formula is C74H110Br2I2O12V. The summed E-state index contributed by atoms with van der Waals surface area (Å²) in [7, 11) is 0.628. The fraction of sp³-hybridized carbons (Fsp3) is 0.851. The van der Waals surface area contributed by atoms with Crippen LogP contribution in [0.25, 0.3) is 0 Å². The third-order valence-corrected chi connectivity index (χ3v) is 30.7. The molecule has 4 N–H and O–H groups in total. The van der Waals surface area contributed by atoms with E-state index in [4.69, 9.17) is 14.2 Å². The molecule has 511 valence electrons. The number of epoxide rings is 3. The van der Waals surface area contributed by atoms with Crippen LogP contribution in [0.5, 0.6) is 0 Å². The van der Waals surface area contributed by atoms with Gasteiger partial charge in [-0.1, -0.05) is 102 Å². The van der Waals surface area contributed by atoms with E-state index in [9.17, 15) is 44.4 Å². The van der Waals surface area contributed by atoms with Crippen LogP contribution < -0.4 is 0 Å². The molecule has 0 aromatic rings. The van der Waals surface area contributed by atoms with Gasteiger partial charge in [0.2, 0.25) is 0 Å². The first-order chi connectivity index (χ1) is 43.0. The van der Waals surface area contributed by atoms with Gasteiger partial charge in [0.1, 0.15) is 23.1 Å². The molecule has 17 rings (SSSR count). The molecule has 0 aromatic heterocycles. The second kappa shape index (κ2) is 29.5. The van der Waals surface area contributed by atoms with Crippen molar-refractivity contribution in [1.82, 2.24) is 0 Å². The first kappa shape index (κ1) is 74.0. The van der Waals surface area contributed by atoms with Crippen molar-refractivity contribution < 1.29 is 68.1 Å². The molecule has 0 radical (unpaired) electrons. The van der Waals surface area contributed by atoms with Crippen molar-refractivity contribution in [2.24, 2.45) is 73.4 Å². The first-order valence-electron chi connectivity index (χ1n) is 35.6. The number of ketones is 5. The normalized spacial score (nSPS) is 49.8. The predicted octanol–water partition coefficient (Wildman–Crippen LogP) is 15.9. The maximum atomic E-state index is 11.7. The zero-order chi connectivity index (χ0) is 66.0. The third-order valence-electron chi connectivity index (χ3n) is 28.3. The van der Waals surface area contributed by atoms with E-state index in [1.54, 1.807) is 17.2 Å². The zero-order valence-corrected chi connectivity index (χ0v) is 65.0. The number of alkyl halides is 2. The maximum absolute atomic E-state index is 11.7. The number of ether oxygens (including phenoxy) is 3. The van der Waals surface area contributed by atoms with E-state index in [0.717, 1.165) is 101 Å². The number of halogens is 4. The summed E-state index contributed by atoms with van der Waals surface area (Å²) in [5, 5.41) is 39.4. The summed E-state index contributed by atoms with van der Waals surface area (Å²) in [6.45, 7) is 19.7. The number of hydrogen-bond acceptors (Lipinski definition) is 12. The standard InChI is InChI=1S/C12H18O.C12H20O.C10H17BrO2.C10H13BrO2.C10H16O2.C10H14O2.C10H12O2.2HI.V/c1-3-8-4-5-9-11-10(13-11)6-7-12(8,9)2;1-3-9-6-7-10-11(13)5-4-8-12(9,10)2;2*1-10-5-4-7(12)9(11)6(10)2-3-8(10)13;2*1-10-5-4-7-9(12-7)6(10)2-3-8(10)11;1-10-5-4-8(11)6-7(10)2-3-9(10)12;;;/h3,9-11H,4-7H2,1-2H3;3,10-11,13H,4-8H2,1-2H3;6-9,12-13H,2-5H2,1H3;6,9H,2-5H2,1H3;6-9,11H,2-5H2,1H3;6-7,9H,2-5H2,1H3;6H,2-5H2,1H3;2*1H;/q;;;;;;;;;+2/p-2/b8-3-;9-3-;;;;;;;;/t9-,10-,11?,12+;10-,11?,12+;6-,7-,8-,9-,10-;6-,9-,10-;6-,7-,8-,9?,10-;6-,7-,9?,10-;10-;;;/m0000000.../s1. The fourth-order valence-corrected chi connectivity index (χ4v) is 23.6. The molecule has 17 heteroatoms. The summed E-state index contributed by atoms with van der Waals surface area (Å²) in [5.74, 6) is 4.94. The fourth-order valence-electron chi connectivity index (χ4n) is 21.4. The van der Waals surface area contributed by atoms with Crippen molar-refractivity contribution in [3.05, 3.63) is 34.9 Å². The SMILES string of the molecule is C/C=C1/CC[C@H]2C(O)CCC[C@]12C.C/C=C1/CC[C@H]2C3O[C@H]3CC[C@]12C.C[C@]12CCC(=O)C=C1CCC2=O.C[C@]12CCC(=O)[C@@H](Br)[C@@H]1CCC2=O.C[C@]12CC[C@@H]3OC3[C@@H]1CCC2=O.C[C@]12CC[C@@H]3OC3[C@@H]1CC[C@@H]2O.C[C@]12CC[C@H](O)[C@@H](Br)[C@@H]1CC[C@@H]2O.[I][V][I]. The van der Waals surface area contributed by atoms with Crippen LogP contribution in [-0.2, 0) is 47.6 Å². The van der Waals surface area contributed by atoms with Gasteiger partial charge in [0.05, 0.1) is 65.9 Å². The van der Waals surface area contributed by atoms with Crippen LogP contribution >= 0.6 is 71.8 Å². The molecular weight excluding hydrogens is 1550 g/mol. The summed E-state index contributed by atoms with van der Waals surface area (Å²) in [6, 6.07) is 0. The van der Waals surface area contributed by atoms with Crippen LogP contribution in [-0.4, -0.2) is 120 Å². The number of carbonyl (C=O) groups is 5. The molecule has 0 amide bonds. The second-order valence-electron chi connectivity index (χ2n) is 32.5. The summed E-state index contributed by atoms with van der Waals surface area (Å²) in [4.78, 5) is 57.4. The molecule has 25 atom stereocenters. The van der Waals surface area contributed by atoms with Crippen LogP contribution in [0.2, 0.25) is 0 Å². The molecule has 12 nitrogen and oxygen atoms in total. The van der Waals surface area contributed by atoms with E-state index in [-0.39, 0.29) is 78.6 Å². The Kier molecular flexibility index (Phi) is 24.0. The minimum atomic E-state index is -0.270. The quantitative estimate of drug-likeness (QED) is 0.0774. The van der Waals surface area contributed by atoms with E-state index < -0.39 is 0 Å². The van der Waals surface area contributed by atoms with Gasteiger partial charge in [-0.15, -0.1) is 0 Å². The van der Waals surface area contributed by atoms with Crippen molar-refractivity contribution in [1.29, 1.82) is 0 Å². The Bertz CT molecular complexity index is 2770. The van der Waals surface area contributed by atoms with Crippen LogP contribution in [0.15, 0.2) is 34.9 Å². The van der Waals surface area contributed by atoms with Gasteiger partial charge in [-0.25, -0.2) is 0 Å². The Morgan fingerprint density at radius 3 is 1.53 bits per heavy atom. The van der Waals surface area contributed by atoms with E-state index >= 15 is 0 Å². The molecule has 3 heterocycles. The molecule has 0 spiro atoms. The number of fused-ring (bicyclic) bond motifs is 13. The molecule has 0 bridgehead atoms. The number of allylic oxidation sites excluding steroid dienone is 6. The summed E-state index contributed by atoms with van der Waals surface area (Å²) in [5.41, 5.74) is 4.98. The van der Waals surface area contributed by atoms with E-state index in [1.807, 2.05) is 13.8 Å². The first-order valence-corrected chi connectivity index (χ1v) is 46.4. The molecule has 3 aliphatic heterocycles. The topological polar surface area (TPSA) is 204 Å².